The van der Waals surface area contributed by atoms with Gasteiger partial charge in [0.05, 0.1) is 0 Å². The van der Waals surface area contributed by atoms with Crippen LogP contribution in [0.3, 0.4) is 0 Å². The third-order valence-corrected chi connectivity index (χ3v) is 1.71. The van der Waals surface area contributed by atoms with Gasteiger partial charge in [-0.15, -0.1) is 0 Å². The van der Waals surface area contributed by atoms with Crippen molar-refractivity contribution in [3.63, 3.8) is 0 Å². The number of aromatic nitrogens is 2. The fraction of sp³-hybridized carbons (Fsp3) is 0. The van der Waals surface area contributed by atoms with Crippen molar-refractivity contribution in [3.8, 4) is 0 Å². The SMILES string of the molecule is Brc1noc2cccnc12. The lowest BCUT2D eigenvalue weighted by atomic mass is 10.4. The topological polar surface area (TPSA) is 38.9 Å². The number of pyridine rings is 1. The molecular formula is C6H3BrN2O. The molecule has 0 unspecified atom stereocenters. The Kier molecular flexibility index (Phi) is 1.20. The van der Waals surface area contributed by atoms with E-state index in [9.17, 15) is 0 Å². The Morgan fingerprint density at radius 3 is 3.20 bits per heavy atom. The summed E-state index contributed by atoms with van der Waals surface area (Å²) in [6, 6.07) is 3.63. The van der Waals surface area contributed by atoms with Gasteiger partial charge in [-0.2, -0.15) is 0 Å². The number of halogens is 1. The van der Waals surface area contributed by atoms with E-state index in [0.717, 1.165) is 5.52 Å². The van der Waals surface area contributed by atoms with Gasteiger partial charge in [0.25, 0.3) is 0 Å². The first-order valence-electron chi connectivity index (χ1n) is 2.74. The Hall–Kier alpha value is -0.900. The monoisotopic (exact) mass is 198 g/mol. The first kappa shape index (κ1) is 5.85. The molecule has 2 rings (SSSR count). The molecular weight excluding hydrogens is 196 g/mol. The fourth-order valence-electron chi connectivity index (χ4n) is 0.752. The van der Waals surface area contributed by atoms with Crippen molar-refractivity contribution in [2.75, 3.05) is 0 Å². The Labute approximate surface area is 65.2 Å². The molecule has 2 heterocycles. The molecule has 4 heteroatoms. The molecule has 2 aromatic rings. The van der Waals surface area contributed by atoms with E-state index in [0.29, 0.717) is 10.2 Å². The second-order valence-corrected chi connectivity index (χ2v) is 2.57. The molecule has 3 nitrogen and oxygen atoms in total. The summed E-state index contributed by atoms with van der Waals surface area (Å²) in [4.78, 5) is 4.04. The first-order valence-corrected chi connectivity index (χ1v) is 3.53. The lowest BCUT2D eigenvalue weighted by Crippen LogP contribution is -1.69. The van der Waals surface area contributed by atoms with Crippen LogP contribution >= 0.6 is 15.9 Å². The number of fused-ring (bicyclic) bond motifs is 1. The molecule has 50 valence electrons. The zero-order valence-corrected chi connectivity index (χ0v) is 6.50. The summed E-state index contributed by atoms with van der Waals surface area (Å²) in [5.41, 5.74) is 1.47. The highest BCUT2D eigenvalue weighted by atomic mass is 79.9. The van der Waals surface area contributed by atoms with E-state index in [2.05, 4.69) is 26.1 Å². The third-order valence-electron chi connectivity index (χ3n) is 1.19. The molecule has 0 N–H and O–H groups in total. The van der Waals surface area contributed by atoms with Gasteiger partial charge in [-0.1, -0.05) is 5.16 Å². The van der Waals surface area contributed by atoms with Crippen molar-refractivity contribution in [1.82, 2.24) is 10.1 Å². The summed E-state index contributed by atoms with van der Waals surface area (Å²) in [5, 5.41) is 3.67. The van der Waals surface area contributed by atoms with Crippen LogP contribution in [-0.4, -0.2) is 10.1 Å². The van der Waals surface area contributed by atoms with Crippen LogP contribution in [-0.2, 0) is 0 Å². The third kappa shape index (κ3) is 0.724. The van der Waals surface area contributed by atoms with E-state index in [1.807, 2.05) is 6.07 Å². The summed E-state index contributed by atoms with van der Waals surface area (Å²) < 4.78 is 5.54. The highest BCUT2D eigenvalue weighted by molar-refractivity contribution is 9.10. The molecule has 0 fully saturated rings. The van der Waals surface area contributed by atoms with E-state index < -0.39 is 0 Å². The minimum atomic E-state index is 0.656. The molecule has 0 atom stereocenters. The maximum Gasteiger partial charge on any atom is 0.186 e. The number of hydrogen-bond acceptors (Lipinski definition) is 3. The van der Waals surface area contributed by atoms with Crippen LogP contribution in [0.15, 0.2) is 27.5 Å². The van der Waals surface area contributed by atoms with Crippen molar-refractivity contribution in [2.24, 2.45) is 0 Å². The van der Waals surface area contributed by atoms with Gasteiger partial charge in [0.15, 0.2) is 10.2 Å². The number of nitrogens with zero attached hydrogens (tertiary/aromatic N) is 2. The quantitative estimate of drug-likeness (QED) is 0.651. The van der Waals surface area contributed by atoms with Crippen LogP contribution in [0, 0.1) is 0 Å². The molecule has 0 aliphatic carbocycles. The summed E-state index contributed by atoms with van der Waals surface area (Å²) in [5.74, 6) is 0. The molecule has 0 aliphatic rings. The summed E-state index contributed by atoms with van der Waals surface area (Å²) in [6.45, 7) is 0. The Morgan fingerprint density at radius 1 is 1.50 bits per heavy atom. The van der Waals surface area contributed by atoms with Crippen LogP contribution in [0.4, 0.5) is 0 Å². The Balaban J connectivity index is 2.93. The lowest BCUT2D eigenvalue weighted by molar-refractivity contribution is 0.451. The average Bonchev–Trinajstić information content (AvgIpc) is 2.34. The molecule has 2 aromatic heterocycles. The predicted molar refractivity (Wildman–Crippen MR) is 39.5 cm³/mol. The van der Waals surface area contributed by atoms with E-state index in [1.54, 1.807) is 12.3 Å². The van der Waals surface area contributed by atoms with Gasteiger partial charge in [0.2, 0.25) is 0 Å². The number of rotatable bonds is 0. The maximum absolute atomic E-state index is 4.89. The Bertz CT molecular complexity index is 357. The van der Waals surface area contributed by atoms with Crippen LogP contribution in [0.1, 0.15) is 0 Å². The van der Waals surface area contributed by atoms with E-state index in [1.165, 1.54) is 0 Å². The Morgan fingerprint density at radius 2 is 2.40 bits per heavy atom. The minimum Gasteiger partial charge on any atom is -0.353 e. The first-order chi connectivity index (χ1) is 4.88. The lowest BCUT2D eigenvalue weighted by Gasteiger charge is -1.80. The number of hydrogen-bond donors (Lipinski definition) is 0. The predicted octanol–water partition coefficient (Wildman–Crippen LogP) is 1.99. The summed E-state index contributed by atoms with van der Waals surface area (Å²) in [6.07, 6.45) is 1.70. The van der Waals surface area contributed by atoms with Crippen molar-refractivity contribution >= 4 is 27.0 Å². The van der Waals surface area contributed by atoms with Gasteiger partial charge in [-0.3, -0.25) is 0 Å². The van der Waals surface area contributed by atoms with Gasteiger partial charge in [0.1, 0.15) is 5.52 Å². The largest absolute Gasteiger partial charge is 0.353 e. The highest BCUT2D eigenvalue weighted by Crippen LogP contribution is 2.19. The molecule has 0 bridgehead atoms. The molecule has 0 spiro atoms. The molecule has 0 aliphatic heterocycles. The van der Waals surface area contributed by atoms with E-state index in [-0.39, 0.29) is 0 Å². The zero-order chi connectivity index (χ0) is 6.97. The van der Waals surface area contributed by atoms with E-state index in [4.69, 9.17) is 4.52 Å². The maximum atomic E-state index is 4.89. The standard InChI is InChI=1S/C6H3BrN2O/c7-6-5-4(10-9-6)2-1-3-8-5/h1-3H. The second-order valence-electron chi connectivity index (χ2n) is 1.82. The van der Waals surface area contributed by atoms with Crippen LogP contribution in [0.2, 0.25) is 0 Å². The second kappa shape index (κ2) is 2.05. The van der Waals surface area contributed by atoms with Crippen molar-refractivity contribution in [3.05, 3.63) is 22.9 Å². The smallest absolute Gasteiger partial charge is 0.186 e. The van der Waals surface area contributed by atoms with Crippen LogP contribution in [0.5, 0.6) is 0 Å². The van der Waals surface area contributed by atoms with Crippen LogP contribution in [0.25, 0.3) is 11.1 Å². The molecule has 0 radical (unpaired) electrons. The fourth-order valence-corrected chi connectivity index (χ4v) is 1.12. The zero-order valence-electron chi connectivity index (χ0n) is 4.91. The molecule has 0 saturated carbocycles. The van der Waals surface area contributed by atoms with E-state index >= 15 is 0 Å². The molecule has 0 saturated heterocycles. The summed E-state index contributed by atoms with van der Waals surface area (Å²) in [7, 11) is 0. The molecule has 10 heavy (non-hydrogen) atoms. The highest BCUT2D eigenvalue weighted by Gasteiger charge is 2.03. The van der Waals surface area contributed by atoms with Gasteiger partial charge in [-0.25, -0.2) is 4.98 Å². The molecule has 0 aromatic carbocycles. The molecule has 0 amide bonds. The van der Waals surface area contributed by atoms with Crippen LogP contribution < -0.4 is 0 Å². The van der Waals surface area contributed by atoms with Gasteiger partial charge in [0, 0.05) is 6.20 Å². The average molecular weight is 199 g/mol. The summed E-state index contributed by atoms with van der Waals surface area (Å²) >= 11 is 3.20. The minimum absolute atomic E-state index is 0.656. The van der Waals surface area contributed by atoms with Crippen molar-refractivity contribution in [2.45, 2.75) is 0 Å². The van der Waals surface area contributed by atoms with Gasteiger partial charge < -0.3 is 4.52 Å². The van der Waals surface area contributed by atoms with Crippen molar-refractivity contribution < 1.29 is 4.52 Å². The normalized spacial score (nSPS) is 10.5. The van der Waals surface area contributed by atoms with Gasteiger partial charge >= 0.3 is 0 Å². The van der Waals surface area contributed by atoms with Gasteiger partial charge in [-0.05, 0) is 28.1 Å². The van der Waals surface area contributed by atoms with Crippen molar-refractivity contribution in [1.29, 1.82) is 0 Å².